The number of rotatable bonds is 0. The van der Waals surface area contributed by atoms with Crippen LogP contribution in [0.15, 0.2) is 29.3 Å². The number of hydrogen-bond acceptors (Lipinski definition) is 2. The van der Waals surface area contributed by atoms with Gasteiger partial charge in [0, 0.05) is 0 Å². The van der Waals surface area contributed by atoms with Crippen molar-refractivity contribution in [2.45, 2.75) is 12.1 Å². The summed E-state index contributed by atoms with van der Waals surface area (Å²) in [4.78, 5) is 4.13. The van der Waals surface area contributed by atoms with Crippen LogP contribution in [0.25, 0.3) is 0 Å². The van der Waals surface area contributed by atoms with Crippen molar-refractivity contribution in [2.24, 2.45) is 4.99 Å². The SMILES string of the molecule is SC1=NC2C=CC=CC2O1. The number of aliphatic imine (C=N–C) groups is 1. The maximum absolute atomic E-state index is 5.24. The zero-order chi connectivity index (χ0) is 6.97. The average Bonchev–Trinajstić information content (AvgIpc) is 2.27. The minimum absolute atomic E-state index is 0.0949. The summed E-state index contributed by atoms with van der Waals surface area (Å²) in [6.07, 6.45) is 8.02. The van der Waals surface area contributed by atoms with E-state index in [4.69, 9.17) is 4.74 Å². The van der Waals surface area contributed by atoms with Crippen molar-refractivity contribution in [1.29, 1.82) is 0 Å². The summed E-state index contributed by atoms with van der Waals surface area (Å²) in [5.41, 5.74) is 0. The molecule has 1 heterocycles. The molecule has 52 valence electrons. The quantitative estimate of drug-likeness (QED) is 0.518. The van der Waals surface area contributed by atoms with Gasteiger partial charge in [0.15, 0.2) is 0 Å². The molecule has 0 aromatic heterocycles. The standard InChI is InChI=1S/C7H7NOS/c10-7-8-5-3-1-2-4-6(5)9-7/h1-6H,(H,8,10). The molecule has 1 aliphatic heterocycles. The lowest BCUT2D eigenvalue weighted by atomic mass is 10.1. The monoisotopic (exact) mass is 153 g/mol. The minimum Gasteiger partial charge on any atom is -0.463 e. The van der Waals surface area contributed by atoms with Gasteiger partial charge >= 0.3 is 0 Å². The second kappa shape index (κ2) is 2.16. The fourth-order valence-corrected chi connectivity index (χ4v) is 1.34. The fraction of sp³-hybridized carbons (Fsp3) is 0.286. The fourth-order valence-electron chi connectivity index (χ4n) is 1.08. The van der Waals surface area contributed by atoms with Gasteiger partial charge in [-0.2, -0.15) is 0 Å². The van der Waals surface area contributed by atoms with E-state index in [9.17, 15) is 0 Å². The van der Waals surface area contributed by atoms with Crippen molar-refractivity contribution in [1.82, 2.24) is 0 Å². The number of thiol groups is 1. The van der Waals surface area contributed by atoms with Crippen molar-refractivity contribution in [2.75, 3.05) is 0 Å². The topological polar surface area (TPSA) is 21.6 Å². The van der Waals surface area contributed by atoms with Crippen LogP contribution in [0.3, 0.4) is 0 Å². The van der Waals surface area contributed by atoms with Gasteiger partial charge in [-0.15, -0.1) is 0 Å². The van der Waals surface area contributed by atoms with Crippen LogP contribution >= 0.6 is 12.6 Å². The molecule has 10 heavy (non-hydrogen) atoms. The van der Waals surface area contributed by atoms with Gasteiger partial charge < -0.3 is 4.74 Å². The molecule has 0 amide bonds. The Balaban J connectivity index is 2.24. The van der Waals surface area contributed by atoms with Crippen LogP contribution in [0.5, 0.6) is 0 Å². The first-order chi connectivity index (χ1) is 4.86. The smallest absolute Gasteiger partial charge is 0.244 e. The van der Waals surface area contributed by atoms with E-state index in [-0.39, 0.29) is 12.1 Å². The van der Waals surface area contributed by atoms with Crippen LogP contribution in [0.1, 0.15) is 0 Å². The third kappa shape index (κ3) is 0.865. The number of ether oxygens (including phenoxy) is 1. The predicted octanol–water partition coefficient (Wildman–Crippen LogP) is 1.17. The maximum Gasteiger partial charge on any atom is 0.244 e. The molecule has 0 spiro atoms. The molecule has 1 aliphatic carbocycles. The molecule has 0 aromatic rings. The lowest BCUT2D eigenvalue weighted by molar-refractivity contribution is 0.261. The molecule has 3 heteroatoms. The highest BCUT2D eigenvalue weighted by molar-refractivity contribution is 7.96. The predicted molar refractivity (Wildman–Crippen MR) is 43.4 cm³/mol. The van der Waals surface area contributed by atoms with Crippen molar-refractivity contribution in [3.8, 4) is 0 Å². The van der Waals surface area contributed by atoms with Crippen molar-refractivity contribution >= 4 is 17.9 Å². The van der Waals surface area contributed by atoms with Crippen LogP contribution < -0.4 is 0 Å². The van der Waals surface area contributed by atoms with Gasteiger partial charge in [0.05, 0.1) is 0 Å². The van der Waals surface area contributed by atoms with E-state index in [1.165, 1.54) is 0 Å². The second-order valence-electron chi connectivity index (χ2n) is 2.25. The van der Waals surface area contributed by atoms with E-state index in [0.717, 1.165) is 0 Å². The number of nitrogens with zero attached hydrogens (tertiary/aromatic N) is 1. The molecule has 2 atom stereocenters. The molecule has 0 N–H and O–H groups in total. The summed E-state index contributed by atoms with van der Waals surface area (Å²) in [7, 11) is 0. The lowest BCUT2D eigenvalue weighted by Gasteiger charge is -2.11. The Morgan fingerprint density at radius 3 is 3.00 bits per heavy atom. The average molecular weight is 153 g/mol. The highest BCUT2D eigenvalue weighted by Crippen LogP contribution is 2.20. The molecule has 0 bridgehead atoms. The lowest BCUT2D eigenvalue weighted by Crippen LogP contribution is -2.18. The molecule has 2 rings (SSSR count). The summed E-state index contributed by atoms with van der Waals surface area (Å²) in [5.74, 6) is 0. The van der Waals surface area contributed by atoms with Gasteiger partial charge in [-0.1, -0.05) is 30.9 Å². The normalized spacial score (nSPS) is 35.1. The van der Waals surface area contributed by atoms with Gasteiger partial charge in [-0.3, -0.25) is 0 Å². The maximum atomic E-state index is 5.24. The Hall–Kier alpha value is -0.700. The van der Waals surface area contributed by atoms with Crippen molar-refractivity contribution in [3.05, 3.63) is 24.3 Å². The van der Waals surface area contributed by atoms with Crippen LogP contribution in [0, 0.1) is 0 Å². The molecule has 0 saturated heterocycles. The highest BCUT2D eigenvalue weighted by atomic mass is 32.1. The first-order valence-electron chi connectivity index (χ1n) is 3.15. The van der Waals surface area contributed by atoms with Gasteiger partial charge in [-0.05, 0) is 6.08 Å². The van der Waals surface area contributed by atoms with Crippen LogP contribution in [0.4, 0.5) is 0 Å². The highest BCUT2D eigenvalue weighted by Gasteiger charge is 2.25. The van der Waals surface area contributed by atoms with Crippen LogP contribution in [0.2, 0.25) is 0 Å². The van der Waals surface area contributed by atoms with Crippen molar-refractivity contribution < 1.29 is 4.74 Å². The minimum atomic E-state index is 0.0949. The molecule has 2 unspecified atom stereocenters. The Bertz CT molecular complexity index is 232. The molecule has 2 aliphatic rings. The molecular formula is C7H7NOS. The number of hydrogen-bond donors (Lipinski definition) is 1. The first kappa shape index (κ1) is 6.04. The van der Waals surface area contributed by atoms with E-state index >= 15 is 0 Å². The summed E-state index contributed by atoms with van der Waals surface area (Å²) in [5, 5.41) is 0.492. The third-order valence-corrected chi connectivity index (χ3v) is 1.78. The summed E-state index contributed by atoms with van der Waals surface area (Å²) < 4.78 is 5.24. The molecule has 0 fully saturated rings. The third-order valence-electron chi connectivity index (χ3n) is 1.56. The van der Waals surface area contributed by atoms with Gasteiger partial charge in [0.2, 0.25) is 5.23 Å². The number of allylic oxidation sites excluding steroid dienone is 2. The zero-order valence-corrected chi connectivity index (χ0v) is 6.16. The van der Waals surface area contributed by atoms with E-state index in [1.807, 2.05) is 24.3 Å². The summed E-state index contributed by atoms with van der Waals surface area (Å²) in [6.45, 7) is 0. The van der Waals surface area contributed by atoms with E-state index in [2.05, 4.69) is 17.6 Å². The summed E-state index contributed by atoms with van der Waals surface area (Å²) >= 11 is 4.01. The van der Waals surface area contributed by atoms with Crippen molar-refractivity contribution in [3.63, 3.8) is 0 Å². The van der Waals surface area contributed by atoms with E-state index in [1.54, 1.807) is 0 Å². The van der Waals surface area contributed by atoms with Gasteiger partial charge in [0.1, 0.15) is 12.1 Å². The van der Waals surface area contributed by atoms with Crippen LogP contribution in [-0.2, 0) is 4.74 Å². The van der Waals surface area contributed by atoms with Gasteiger partial charge in [0.25, 0.3) is 0 Å². The Morgan fingerprint density at radius 2 is 2.20 bits per heavy atom. The molecule has 0 aromatic carbocycles. The Labute approximate surface area is 64.7 Å². The summed E-state index contributed by atoms with van der Waals surface area (Å²) in [6, 6.07) is 0.164. The zero-order valence-electron chi connectivity index (χ0n) is 5.27. The largest absolute Gasteiger partial charge is 0.463 e. The van der Waals surface area contributed by atoms with Gasteiger partial charge in [-0.25, -0.2) is 4.99 Å². The van der Waals surface area contributed by atoms with E-state index in [0.29, 0.717) is 5.23 Å². The number of fused-ring (bicyclic) bond motifs is 1. The Morgan fingerprint density at radius 1 is 1.40 bits per heavy atom. The van der Waals surface area contributed by atoms with Crippen LogP contribution in [-0.4, -0.2) is 17.4 Å². The first-order valence-corrected chi connectivity index (χ1v) is 3.59. The molecule has 2 nitrogen and oxygen atoms in total. The van der Waals surface area contributed by atoms with E-state index < -0.39 is 0 Å². The Kier molecular flexibility index (Phi) is 1.31. The molecule has 0 saturated carbocycles. The second-order valence-corrected chi connectivity index (χ2v) is 2.64. The molecule has 0 radical (unpaired) electrons. The molecular weight excluding hydrogens is 146 g/mol.